The standard InChI is InChI=1S/C12H8O.C8H16O2/c1-3-7-11-9(5-1)10-6-2-4-8-12(10)13-11;1-2-3-4-5-6-7-8(9)10/h1-8H;2-7H2,1H3,(H,9,10)/p-1. The summed E-state index contributed by atoms with van der Waals surface area (Å²) in [6.45, 7) is 2.14. The van der Waals surface area contributed by atoms with E-state index in [0.717, 1.165) is 30.4 Å². The molecule has 122 valence electrons. The maximum absolute atomic E-state index is 9.92. The Bertz CT molecular complexity index is 692. The van der Waals surface area contributed by atoms with Gasteiger partial charge >= 0.3 is 0 Å². The maximum Gasteiger partial charge on any atom is 0.135 e. The number of para-hydroxylation sites is 2. The predicted octanol–water partition coefficient (Wildman–Crippen LogP) is 4.68. The molecule has 0 saturated heterocycles. The molecule has 3 aromatic rings. The van der Waals surface area contributed by atoms with Gasteiger partial charge in [0.2, 0.25) is 0 Å². The van der Waals surface area contributed by atoms with Crippen molar-refractivity contribution in [1.82, 2.24) is 0 Å². The van der Waals surface area contributed by atoms with Gasteiger partial charge in [-0.05, 0) is 25.0 Å². The molecule has 3 rings (SSSR count). The van der Waals surface area contributed by atoms with E-state index in [9.17, 15) is 9.90 Å². The molecule has 3 nitrogen and oxygen atoms in total. The highest BCUT2D eigenvalue weighted by Gasteiger charge is 2.03. The van der Waals surface area contributed by atoms with E-state index in [1.165, 1.54) is 23.6 Å². The second-order valence-corrected chi connectivity index (χ2v) is 5.63. The number of fused-ring (bicyclic) bond motifs is 3. The van der Waals surface area contributed by atoms with Crippen molar-refractivity contribution in [3.05, 3.63) is 48.5 Å². The van der Waals surface area contributed by atoms with Crippen molar-refractivity contribution in [2.24, 2.45) is 0 Å². The van der Waals surface area contributed by atoms with Crippen molar-refractivity contribution in [3.8, 4) is 0 Å². The second kappa shape index (κ2) is 8.99. The molecule has 23 heavy (non-hydrogen) atoms. The van der Waals surface area contributed by atoms with E-state index in [4.69, 9.17) is 4.42 Å². The molecule has 0 radical (unpaired) electrons. The molecule has 0 spiro atoms. The predicted molar refractivity (Wildman–Crippen MR) is 92.1 cm³/mol. The van der Waals surface area contributed by atoms with Gasteiger partial charge < -0.3 is 14.3 Å². The summed E-state index contributed by atoms with van der Waals surface area (Å²) >= 11 is 0. The van der Waals surface area contributed by atoms with Crippen LogP contribution in [-0.2, 0) is 4.79 Å². The van der Waals surface area contributed by atoms with Crippen LogP contribution in [0.4, 0.5) is 0 Å². The molecule has 0 aliphatic rings. The fourth-order valence-corrected chi connectivity index (χ4v) is 2.55. The molecule has 0 atom stereocenters. The third-order valence-corrected chi connectivity index (χ3v) is 3.77. The first-order valence-electron chi connectivity index (χ1n) is 8.28. The topological polar surface area (TPSA) is 53.3 Å². The fourth-order valence-electron chi connectivity index (χ4n) is 2.55. The Kier molecular flexibility index (Phi) is 6.67. The van der Waals surface area contributed by atoms with Crippen molar-refractivity contribution >= 4 is 27.9 Å². The molecule has 0 unspecified atom stereocenters. The Balaban J connectivity index is 0.000000175. The number of carboxylic acids is 1. The lowest BCUT2D eigenvalue weighted by molar-refractivity contribution is -0.305. The van der Waals surface area contributed by atoms with Gasteiger partial charge in [0.15, 0.2) is 0 Å². The van der Waals surface area contributed by atoms with Crippen LogP contribution in [0.2, 0.25) is 0 Å². The van der Waals surface area contributed by atoms with E-state index < -0.39 is 5.97 Å². The number of hydrogen-bond donors (Lipinski definition) is 0. The number of carboxylic acid groups (broad SMARTS) is 1. The number of carbonyl (C=O) groups is 1. The lowest BCUT2D eigenvalue weighted by Crippen LogP contribution is -2.21. The van der Waals surface area contributed by atoms with E-state index in [2.05, 4.69) is 19.1 Å². The Morgan fingerprint density at radius 3 is 1.91 bits per heavy atom. The molecular formula is C20H23O3-. The number of hydrogen-bond acceptors (Lipinski definition) is 3. The smallest absolute Gasteiger partial charge is 0.135 e. The van der Waals surface area contributed by atoms with Gasteiger partial charge in [-0.2, -0.15) is 0 Å². The van der Waals surface area contributed by atoms with Crippen LogP contribution in [-0.4, -0.2) is 5.97 Å². The van der Waals surface area contributed by atoms with Crippen molar-refractivity contribution in [2.45, 2.75) is 45.4 Å². The van der Waals surface area contributed by atoms with E-state index in [1.54, 1.807) is 0 Å². The van der Waals surface area contributed by atoms with Crippen molar-refractivity contribution in [1.29, 1.82) is 0 Å². The average Bonchev–Trinajstić information content (AvgIpc) is 2.94. The molecule has 0 bridgehead atoms. The minimum Gasteiger partial charge on any atom is -0.550 e. The zero-order valence-corrected chi connectivity index (χ0v) is 13.6. The number of unbranched alkanes of at least 4 members (excludes halogenated alkanes) is 4. The average molecular weight is 311 g/mol. The van der Waals surface area contributed by atoms with Crippen molar-refractivity contribution in [3.63, 3.8) is 0 Å². The van der Waals surface area contributed by atoms with Gasteiger partial charge in [0.25, 0.3) is 0 Å². The zero-order valence-electron chi connectivity index (χ0n) is 13.6. The van der Waals surface area contributed by atoms with Gasteiger partial charge in [0.1, 0.15) is 11.2 Å². The van der Waals surface area contributed by atoms with Crippen LogP contribution in [0.3, 0.4) is 0 Å². The first-order valence-corrected chi connectivity index (χ1v) is 8.28. The maximum atomic E-state index is 9.92. The van der Waals surface area contributed by atoms with E-state index in [1.807, 2.05) is 36.4 Å². The van der Waals surface area contributed by atoms with Crippen LogP contribution >= 0.6 is 0 Å². The molecule has 1 aromatic heterocycles. The number of aliphatic carboxylic acids is 1. The van der Waals surface area contributed by atoms with E-state index in [0.29, 0.717) is 0 Å². The molecule has 0 aliphatic carbocycles. The molecular weight excluding hydrogens is 288 g/mol. The third kappa shape index (κ3) is 5.13. The highest BCUT2D eigenvalue weighted by atomic mass is 16.4. The SMILES string of the molecule is CCCCCCCC(=O)[O-].c1ccc2c(c1)oc1ccccc12. The summed E-state index contributed by atoms with van der Waals surface area (Å²) < 4.78 is 5.65. The van der Waals surface area contributed by atoms with E-state index >= 15 is 0 Å². The molecule has 3 heteroatoms. The van der Waals surface area contributed by atoms with Crippen LogP contribution < -0.4 is 5.11 Å². The summed E-state index contributed by atoms with van der Waals surface area (Å²) in [6, 6.07) is 16.2. The molecule has 0 amide bonds. The summed E-state index contributed by atoms with van der Waals surface area (Å²) in [5.74, 6) is -0.920. The lowest BCUT2D eigenvalue weighted by Gasteiger charge is -2.00. The molecule has 1 heterocycles. The summed E-state index contributed by atoms with van der Waals surface area (Å²) in [5, 5.41) is 12.3. The first kappa shape index (κ1) is 17.1. The van der Waals surface area contributed by atoms with Crippen LogP contribution in [0.15, 0.2) is 52.9 Å². The monoisotopic (exact) mass is 311 g/mol. The summed E-state index contributed by atoms with van der Waals surface area (Å²) in [4.78, 5) is 9.92. The van der Waals surface area contributed by atoms with E-state index in [-0.39, 0.29) is 6.42 Å². The summed E-state index contributed by atoms with van der Waals surface area (Å²) in [5.41, 5.74) is 1.92. The Morgan fingerprint density at radius 2 is 1.39 bits per heavy atom. The van der Waals surface area contributed by atoms with Gasteiger partial charge in [0.05, 0.1) is 0 Å². The van der Waals surface area contributed by atoms with Gasteiger partial charge in [0, 0.05) is 16.7 Å². The minimum absolute atomic E-state index is 0.226. The molecule has 0 fully saturated rings. The third-order valence-electron chi connectivity index (χ3n) is 3.77. The number of carbonyl (C=O) groups excluding carboxylic acids is 1. The Morgan fingerprint density at radius 1 is 0.870 bits per heavy atom. The first-order chi connectivity index (χ1) is 11.2. The molecule has 0 saturated carbocycles. The largest absolute Gasteiger partial charge is 0.550 e. The quantitative estimate of drug-likeness (QED) is 0.621. The Labute approximate surface area is 136 Å². The Hall–Kier alpha value is -2.29. The zero-order chi connectivity index (χ0) is 16.5. The molecule has 0 N–H and O–H groups in total. The van der Waals surface area contributed by atoms with Gasteiger partial charge in [-0.25, -0.2) is 0 Å². The summed E-state index contributed by atoms with van der Waals surface area (Å²) in [7, 11) is 0. The summed E-state index contributed by atoms with van der Waals surface area (Å²) in [6.07, 6.45) is 5.61. The minimum atomic E-state index is -0.920. The highest BCUT2D eigenvalue weighted by Crippen LogP contribution is 2.27. The van der Waals surface area contributed by atoms with Crippen LogP contribution in [0.5, 0.6) is 0 Å². The number of furan rings is 1. The lowest BCUT2D eigenvalue weighted by atomic mass is 10.1. The molecule has 0 aliphatic heterocycles. The normalized spacial score (nSPS) is 10.5. The van der Waals surface area contributed by atoms with Gasteiger partial charge in [-0.3, -0.25) is 0 Å². The van der Waals surface area contributed by atoms with Gasteiger partial charge in [-0.1, -0.05) is 69.0 Å². The van der Waals surface area contributed by atoms with Crippen LogP contribution in [0.1, 0.15) is 45.4 Å². The second-order valence-electron chi connectivity index (χ2n) is 5.63. The number of benzene rings is 2. The fraction of sp³-hybridized carbons (Fsp3) is 0.350. The highest BCUT2D eigenvalue weighted by molar-refractivity contribution is 6.04. The molecule has 2 aromatic carbocycles. The van der Waals surface area contributed by atoms with Crippen LogP contribution in [0.25, 0.3) is 21.9 Å². The van der Waals surface area contributed by atoms with Crippen LogP contribution in [0, 0.1) is 0 Å². The van der Waals surface area contributed by atoms with Crippen molar-refractivity contribution in [2.75, 3.05) is 0 Å². The van der Waals surface area contributed by atoms with Crippen molar-refractivity contribution < 1.29 is 14.3 Å². The number of rotatable bonds is 6. The van der Waals surface area contributed by atoms with Gasteiger partial charge in [-0.15, -0.1) is 0 Å².